The predicted octanol–water partition coefficient (Wildman–Crippen LogP) is 4.29. The van der Waals surface area contributed by atoms with Crippen LogP contribution in [0.1, 0.15) is 27.8 Å². The summed E-state index contributed by atoms with van der Waals surface area (Å²) in [6.07, 6.45) is -6.32. The molecule has 1 fully saturated rings. The molecular weight excluding hydrogens is 570 g/mol. The van der Waals surface area contributed by atoms with Crippen LogP contribution in [0.2, 0.25) is 0 Å². The fourth-order valence-electron chi connectivity index (χ4n) is 4.21. The normalized spacial score (nSPS) is 18.6. The zero-order chi connectivity index (χ0) is 29.7. The Labute approximate surface area is 226 Å². The van der Waals surface area contributed by atoms with Crippen molar-refractivity contribution in [2.24, 2.45) is 0 Å². The van der Waals surface area contributed by atoms with Crippen LogP contribution in [0.5, 0.6) is 0 Å². The van der Waals surface area contributed by atoms with Gasteiger partial charge in [-0.15, -0.1) is 0 Å². The number of hydrogen-bond donors (Lipinski definition) is 2. The Kier molecular flexibility index (Phi) is 9.57. The van der Waals surface area contributed by atoms with Crippen LogP contribution in [0.25, 0.3) is 0 Å². The lowest BCUT2D eigenvalue weighted by atomic mass is 10.1. The monoisotopic (exact) mass is 592 g/mol. The first-order valence-electron chi connectivity index (χ1n) is 11.4. The van der Waals surface area contributed by atoms with Crippen LogP contribution in [0.15, 0.2) is 59.6 Å². The number of thiophene rings is 1. The molecule has 216 valence electrons. The van der Waals surface area contributed by atoms with Gasteiger partial charge in [-0.1, -0.05) is 6.07 Å². The predicted molar refractivity (Wildman–Crippen MR) is 128 cm³/mol. The second-order valence-corrected chi connectivity index (χ2v) is 9.40. The lowest BCUT2D eigenvalue weighted by Gasteiger charge is -2.38. The van der Waals surface area contributed by atoms with Crippen LogP contribution >= 0.6 is 11.3 Å². The zero-order valence-corrected chi connectivity index (χ0v) is 21.2. The Morgan fingerprint density at radius 2 is 1.55 bits per heavy atom. The maximum Gasteiger partial charge on any atom is 0.490 e. The highest BCUT2D eigenvalue weighted by Crippen LogP contribution is 2.35. The van der Waals surface area contributed by atoms with E-state index in [9.17, 15) is 31.1 Å². The number of carbonyl (C=O) groups is 3. The van der Waals surface area contributed by atoms with Gasteiger partial charge in [-0.05, 0) is 46.7 Å². The molecule has 0 aromatic carbocycles. The molecule has 0 bridgehead atoms. The summed E-state index contributed by atoms with van der Waals surface area (Å²) >= 11 is 1.74. The molecule has 2 unspecified atom stereocenters. The average Bonchev–Trinajstić information content (AvgIpc) is 3.63. The minimum absolute atomic E-state index is 0.110. The number of rotatable bonds is 4. The SMILES string of the molecule is O=C(O)C(F)(F)F.O=C(O)C(F)(F)F.O=C1c2cccn2C2CN(Cc3ccsc3)CC2N1Cc1ccccn1. The molecule has 3 aromatic heterocycles. The van der Waals surface area contributed by atoms with Crippen molar-refractivity contribution in [2.75, 3.05) is 13.1 Å². The molecule has 2 aliphatic rings. The summed E-state index contributed by atoms with van der Waals surface area (Å²) in [6, 6.07) is 12.5. The van der Waals surface area contributed by atoms with E-state index in [1.54, 1.807) is 17.5 Å². The molecule has 1 saturated heterocycles. The Hall–Kier alpha value is -3.92. The van der Waals surface area contributed by atoms with Crippen LogP contribution < -0.4 is 0 Å². The van der Waals surface area contributed by atoms with E-state index in [1.165, 1.54) is 5.56 Å². The number of amides is 1. The number of aliphatic carboxylic acids is 2. The molecule has 0 saturated carbocycles. The highest BCUT2D eigenvalue weighted by Gasteiger charge is 2.45. The standard InChI is InChI=1S/C20H20N4OS.2C2HF3O2/c25-20-17-5-3-8-23(17)18-12-22(10-15-6-9-26-14-15)13-19(18)24(20)11-16-4-1-2-7-21-16;2*3-2(4,5)1(6)7/h1-9,14,18-19H,10-13H2;2*(H,6,7). The van der Waals surface area contributed by atoms with Gasteiger partial charge in [-0.2, -0.15) is 37.7 Å². The van der Waals surface area contributed by atoms with E-state index < -0.39 is 24.3 Å². The number of halogens is 6. The van der Waals surface area contributed by atoms with Gasteiger partial charge < -0.3 is 19.7 Å². The second kappa shape index (κ2) is 12.5. The fourth-order valence-corrected chi connectivity index (χ4v) is 4.87. The van der Waals surface area contributed by atoms with Gasteiger partial charge in [0.15, 0.2) is 0 Å². The van der Waals surface area contributed by atoms with Crippen molar-refractivity contribution >= 4 is 29.2 Å². The van der Waals surface area contributed by atoms with E-state index in [0.29, 0.717) is 12.6 Å². The van der Waals surface area contributed by atoms with Gasteiger partial charge in [0.25, 0.3) is 5.91 Å². The number of carboxylic acids is 2. The van der Waals surface area contributed by atoms with Gasteiger partial charge in [0.2, 0.25) is 0 Å². The summed E-state index contributed by atoms with van der Waals surface area (Å²) in [5.74, 6) is -5.40. The molecule has 0 spiro atoms. The lowest BCUT2D eigenvalue weighted by molar-refractivity contribution is -0.193. The van der Waals surface area contributed by atoms with Crippen molar-refractivity contribution < 1.29 is 50.9 Å². The number of pyridine rings is 1. The molecule has 1 amide bonds. The first kappa shape index (κ1) is 30.6. The molecule has 9 nitrogen and oxygen atoms in total. The molecule has 5 heterocycles. The van der Waals surface area contributed by atoms with Crippen LogP contribution in [-0.2, 0) is 22.7 Å². The third kappa shape index (κ3) is 7.81. The number of carbonyl (C=O) groups excluding carboxylic acids is 1. The number of nitrogens with zero attached hydrogens (tertiary/aromatic N) is 4. The Balaban J connectivity index is 0.000000263. The van der Waals surface area contributed by atoms with Crippen LogP contribution in [0.4, 0.5) is 26.3 Å². The second-order valence-electron chi connectivity index (χ2n) is 8.62. The maximum atomic E-state index is 13.1. The Morgan fingerprint density at radius 3 is 2.08 bits per heavy atom. The Bertz CT molecular complexity index is 1270. The topological polar surface area (TPSA) is 116 Å². The summed E-state index contributed by atoms with van der Waals surface area (Å²) in [5.41, 5.74) is 3.08. The van der Waals surface area contributed by atoms with E-state index in [0.717, 1.165) is 31.0 Å². The Morgan fingerprint density at radius 1 is 0.925 bits per heavy atom. The van der Waals surface area contributed by atoms with Crippen molar-refractivity contribution in [1.82, 2.24) is 19.4 Å². The lowest BCUT2D eigenvalue weighted by Crippen LogP contribution is -2.49. The van der Waals surface area contributed by atoms with Crippen LogP contribution in [0, 0.1) is 0 Å². The van der Waals surface area contributed by atoms with Crippen molar-refractivity contribution in [3.8, 4) is 0 Å². The van der Waals surface area contributed by atoms with Crippen molar-refractivity contribution in [1.29, 1.82) is 0 Å². The molecule has 2 aliphatic heterocycles. The largest absolute Gasteiger partial charge is 0.490 e. The highest BCUT2D eigenvalue weighted by atomic mass is 32.1. The van der Waals surface area contributed by atoms with Crippen molar-refractivity contribution in [3.63, 3.8) is 0 Å². The molecule has 0 aliphatic carbocycles. The van der Waals surface area contributed by atoms with Gasteiger partial charge >= 0.3 is 24.3 Å². The van der Waals surface area contributed by atoms with Crippen LogP contribution in [0.3, 0.4) is 0 Å². The minimum Gasteiger partial charge on any atom is -0.475 e. The maximum absolute atomic E-state index is 13.1. The molecule has 3 aromatic rings. The summed E-state index contributed by atoms with van der Waals surface area (Å²) in [6.45, 7) is 3.38. The van der Waals surface area contributed by atoms with Gasteiger partial charge in [0, 0.05) is 32.0 Å². The molecule has 0 radical (unpaired) electrons. The van der Waals surface area contributed by atoms with E-state index >= 15 is 0 Å². The molecule has 16 heteroatoms. The van der Waals surface area contributed by atoms with Crippen molar-refractivity contribution in [3.05, 3.63) is 76.5 Å². The van der Waals surface area contributed by atoms with Gasteiger partial charge in [0.1, 0.15) is 5.69 Å². The first-order valence-corrected chi connectivity index (χ1v) is 12.3. The van der Waals surface area contributed by atoms with Gasteiger partial charge in [-0.3, -0.25) is 14.7 Å². The molecular formula is C24H22F6N4O5S. The van der Waals surface area contributed by atoms with Gasteiger partial charge in [0.05, 0.1) is 24.3 Å². The average molecular weight is 593 g/mol. The third-order valence-electron chi connectivity index (χ3n) is 5.88. The van der Waals surface area contributed by atoms with Crippen molar-refractivity contribution in [2.45, 2.75) is 37.5 Å². The summed E-state index contributed by atoms with van der Waals surface area (Å²) < 4.78 is 65.6. The van der Waals surface area contributed by atoms with E-state index in [2.05, 4.69) is 37.5 Å². The smallest absolute Gasteiger partial charge is 0.475 e. The molecule has 5 rings (SSSR count). The highest BCUT2D eigenvalue weighted by molar-refractivity contribution is 7.07. The molecule has 2 atom stereocenters. The summed E-state index contributed by atoms with van der Waals surface area (Å²) in [4.78, 5) is 39.8. The zero-order valence-electron chi connectivity index (χ0n) is 20.3. The molecule has 2 N–H and O–H groups in total. The third-order valence-corrected chi connectivity index (χ3v) is 6.61. The number of aromatic nitrogens is 2. The minimum atomic E-state index is -5.08. The summed E-state index contributed by atoms with van der Waals surface area (Å²) in [5, 5.41) is 18.6. The number of hydrogen-bond acceptors (Lipinski definition) is 6. The number of likely N-dealkylation sites (tertiary alicyclic amines) is 1. The molecule has 40 heavy (non-hydrogen) atoms. The van der Waals surface area contributed by atoms with E-state index in [4.69, 9.17) is 19.8 Å². The number of alkyl halides is 6. The quantitative estimate of drug-likeness (QED) is 0.435. The first-order chi connectivity index (χ1) is 18.7. The summed E-state index contributed by atoms with van der Waals surface area (Å²) in [7, 11) is 0. The number of fused-ring (bicyclic) bond motifs is 3. The fraction of sp³-hybridized carbons (Fsp3) is 0.333. The number of carboxylic acid groups (broad SMARTS) is 2. The van der Waals surface area contributed by atoms with Gasteiger partial charge in [-0.25, -0.2) is 9.59 Å². The van der Waals surface area contributed by atoms with E-state index in [-0.39, 0.29) is 11.9 Å². The van der Waals surface area contributed by atoms with Crippen LogP contribution in [-0.4, -0.2) is 78.9 Å². The van der Waals surface area contributed by atoms with E-state index in [1.807, 2.05) is 35.2 Å².